The Morgan fingerprint density at radius 3 is 2.63 bits per heavy atom. The Labute approximate surface area is 117 Å². The van der Waals surface area contributed by atoms with Gasteiger partial charge in [-0.1, -0.05) is 25.1 Å². The fourth-order valence-electron chi connectivity index (χ4n) is 1.81. The molecule has 1 N–H and O–H groups in total. The van der Waals surface area contributed by atoms with Crippen molar-refractivity contribution in [3.05, 3.63) is 29.8 Å². The Morgan fingerprint density at radius 2 is 1.89 bits per heavy atom. The van der Waals surface area contributed by atoms with Gasteiger partial charge in [0.25, 0.3) is 0 Å². The summed E-state index contributed by atoms with van der Waals surface area (Å²) in [6.07, 6.45) is 2.38. The molecule has 0 aliphatic carbocycles. The van der Waals surface area contributed by atoms with Crippen LogP contribution in [0.25, 0.3) is 0 Å². The first-order valence-corrected chi connectivity index (χ1v) is 7.27. The summed E-state index contributed by atoms with van der Waals surface area (Å²) < 4.78 is 11.3. The molecule has 19 heavy (non-hydrogen) atoms. The van der Waals surface area contributed by atoms with Gasteiger partial charge >= 0.3 is 0 Å². The number of aryl methyl sites for hydroxylation is 1. The van der Waals surface area contributed by atoms with E-state index in [1.165, 1.54) is 5.56 Å². The van der Waals surface area contributed by atoms with Gasteiger partial charge in [0, 0.05) is 13.2 Å². The zero-order valence-corrected chi connectivity index (χ0v) is 12.4. The van der Waals surface area contributed by atoms with E-state index >= 15 is 0 Å². The van der Waals surface area contributed by atoms with Crippen LogP contribution in [0.3, 0.4) is 0 Å². The molecular weight excluding hydrogens is 238 g/mol. The number of hydrogen-bond acceptors (Lipinski definition) is 3. The Morgan fingerprint density at radius 1 is 1.11 bits per heavy atom. The lowest BCUT2D eigenvalue weighted by Gasteiger charge is -2.11. The highest BCUT2D eigenvalue weighted by Crippen LogP contribution is 2.17. The van der Waals surface area contributed by atoms with Gasteiger partial charge in [-0.15, -0.1) is 0 Å². The van der Waals surface area contributed by atoms with Crippen LogP contribution >= 0.6 is 0 Å². The van der Waals surface area contributed by atoms with E-state index in [1.54, 1.807) is 0 Å². The summed E-state index contributed by atoms with van der Waals surface area (Å²) in [6, 6.07) is 8.23. The largest absolute Gasteiger partial charge is 0.492 e. The van der Waals surface area contributed by atoms with Gasteiger partial charge in [-0.3, -0.25) is 0 Å². The van der Waals surface area contributed by atoms with Gasteiger partial charge < -0.3 is 14.8 Å². The van der Waals surface area contributed by atoms with Crippen molar-refractivity contribution >= 4 is 0 Å². The minimum absolute atomic E-state index is 0.328. The van der Waals surface area contributed by atoms with Crippen molar-refractivity contribution in [2.24, 2.45) is 0 Å². The van der Waals surface area contributed by atoms with Crippen molar-refractivity contribution in [2.45, 2.75) is 39.7 Å². The minimum Gasteiger partial charge on any atom is -0.492 e. The van der Waals surface area contributed by atoms with E-state index < -0.39 is 0 Å². The molecule has 0 unspecified atom stereocenters. The molecule has 0 radical (unpaired) electrons. The number of rotatable bonds is 10. The molecule has 0 saturated heterocycles. The highest BCUT2D eigenvalue weighted by Gasteiger charge is 1.99. The molecule has 0 aromatic heterocycles. The lowest BCUT2D eigenvalue weighted by molar-refractivity contribution is 0.0770. The van der Waals surface area contributed by atoms with Crippen LogP contribution in [-0.4, -0.2) is 32.4 Å². The highest BCUT2D eigenvalue weighted by molar-refractivity contribution is 5.33. The summed E-state index contributed by atoms with van der Waals surface area (Å²) in [5.74, 6) is 1.01. The first-order valence-electron chi connectivity index (χ1n) is 7.27. The second-order valence-electron chi connectivity index (χ2n) is 4.83. The average Bonchev–Trinajstić information content (AvgIpc) is 2.42. The summed E-state index contributed by atoms with van der Waals surface area (Å²) in [5, 5.41) is 3.36. The van der Waals surface area contributed by atoms with E-state index in [9.17, 15) is 0 Å². The number of para-hydroxylation sites is 1. The van der Waals surface area contributed by atoms with E-state index in [-0.39, 0.29) is 0 Å². The third-order valence-corrected chi connectivity index (χ3v) is 2.84. The second-order valence-corrected chi connectivity index (χ2v) is 4.83. The fourth-order valence-corrected chi connectivity index (χ4v) is 1.81. The Balaban J connectivity index is 2.04. The monoisotopic (exact) mass is 265 g/mol. The molecular formula is C16H27NO2. The minimum atomic E-state index is 0.328. The molecule has 1 aromatic rings. The van der Waals surface area contributed by atoms with Crippen LogP contribution in [0.1, 0.15) is 32.8 Å². The fraction of sp³-hybridized carbons (Fsp3) is 0.625. The normalized spacial score (nSPS) is 10.9. The third-order valence-electron chi connectivity index (χ3n) is 2.84. The van der Waals surface area contributed by atoms with Crippen molar-refractivity contribution in [2.75, 3.05) is 26.3 Å². The topological polar surface area (TPSA) is 30.5 Å². The molecule has 0 atom stereocenters. The van der Waals surface area contributed by atoms with E-state index in [1.807, 2.05) is 12.1 Å². The molecule has 0 bridgehead atoms. The lowest BCUT2D eigenvalue weighted by atomic mass is 10.1. The molecule has 0 heterocycles. The van der Waals surface area contributed by atoms with E-state index in [4.69, 9.17) is 9.47 Å². The number of ether oxygens (including phenoxy) is 2. The van der Waals surface area contributed by atoms with Crippen molar-refractivity contribution in [1.29, 1.82) is 0 Å². The lowest BCUT2D eigenvalue weighted by Crippen LogP contribution is -2.23. The summed E-state index contributed by atoms with van der Waals surface area (Å²) in [4.78, 5) is 0. The van der Waals surface area contributed by atoms with Gasteiger partial charge in [-0.25, -0.2) is 0 Å². The maximum Gasteiger partial charge on any atom is 0.122 e. The smallest absolute Gasteiger partial charge is 0.122 e. The van der Waals surface area contributed by atoms with Crippen LogP contribution in [0, 0.1) is 0 Å². The van der Waals surface area contributed by atoms with Gasteiger partial charge in [0.1, 0.15) is 12.4 Å². The Hall–Kier alpha value is -1.06. The van der Waals surface area contributed by atoms with Crippen molar-refractivity contribution < 1.29 is 9.47 Å². The molecule has 108 valence electrons. The van der Waals surface area contributed by atoms with Crippen LogP contribution < -0.4 is 10.1 Å². The standard InChI is InChI=1S/C16H27NO2/c1-4-15-8-5-6-9-16(15)19-13-11-17-10-7-12-18-14(2)3/h5-6,8-9,14,17H,4,7,10-13H2,1-3H3. The maximum absolute atomic E-state index is 5.78. The maximum atomic E-state index is 5.78. The summed E-state index contributed by atoms with van der Waals surface area (Å²) in [7, 11) is 0. The van der Waals surface area contributed by atoms with Crippen LogP contribution in [0.4, 0.5) is 0 Å². The first kappa shape index (κ1) is 16.0. The van der Waals surface area contributed by atoms with Crippen molar-refractivity contribution in [3.63, 3.8) is 0 Å². The number of benzene rings is 1. The molecule has 0 spiro atoms. The van der Waals surface area contributed by atoms with Crippen LogP contribution in [-0.2, 0) is 11.2 Å². The molecule has 3 nitrogen and oxygen atoms in total. The Kier molecular flexibility index (Phi) is 8.26. The summed E-state index contributed by atoms with van der Waals surface area (Å²) in [5.41, 5.74) is 1.27. The predicted molar refractivity (Wildman–Crippen MR) is 79.9 cm³/mol. The highest BCUT2D eigenvalue weighted by atomic mass is 16.5. The molecule has 1 aromatic carbocycles. The van der Waals surface area contributed by atoms with E-state index in [0.29, 0.717) is 12.7 Å². The van der Waals surface area contributed by atoms with Crippen LogP contribution in [0.2, 0.25) is 0 Å². The van der Waals surface area contributed by atoms with Gasteiger partial charge in [0.15, 0.2) is 0 Å². The van der Waals surface area contributed by atoms with Gasteiger partial charge in [0.05, 0.1) is 6.10 Å². The molecule has 1 rings (SSSR count). The van der Waals surface area contributed by atoms with Gasteiger partial charge in [0.2, 0.25) is 0 Å². The first-order chi connectivity index (χ1) is 9.24. The van der Waals surface area contributed by atoms with Crippen molar-refractivity contribution in [3.8, 4) is 5.75 Å². The van der Waals surface area contributed by atoms with Crippen LogP contribution in [0.15, 0.2) is 24.3 Å². The SMILES string of the molecule is CCc1ccccc1OCCNCCCOC(C)C. The number of hydrogen-bond donors (Lipinski definition) is 1. The van der Waals surface area contributed by atoms with E-state index in [2.05, 4.69) is 38.2 Å². The molecule has 0 aliphatic heterocycles. The summed E-state index contributed by atoms with van der Waals surface area (Å²) in [6.45, 7) is 9.66. The predicted octanol–water partition coefficient (Wildman–Crippen LogP) is 3.03. The molecule has 0 amide bonds. The molecule has 3 heteroatoms. The number of nitrogens with one attached hydrogen (secondary N) is 1. The van der Waals surface area contributed by atoms with Gasteiger partial charge in [-0.2, -0.15) is 0 Å². The summed E-state index contributed by atoms with van der Waals surface area (Å²) >= 11 is 0. The average molecular weight is 265 g/mol. The molecule has 0 aliphatic rings. The zero-order chi connectivity index (χ0) is 13.9. The Bertz CT molecular complexity index is 339. The quantitative estimate of drug-likeness (QED) is 0.660. The zero-order valence-electron chi connectivity index (χ0n) is 12.4. The van der Waals surface area contributed by atoms with Crippen LogP contribution in [0.5, 0.6) is 5.75 Å². The third kappa shape index (κ3) is 7.19. The molecule has 0 fully saturated rings. The molecule has 0 saturated carbocycles. The second kappa shape index (κ2) is 9.82. The van der Waals surface area contributed by atoms with E-state index in [0.717, 1.165) is 38.3 Å². The van der Waals surface area contributed by atoms with Crippen molar-refractivity contribution in [1.82, 2.24) is 5.32 Å². The van der Waals surface area contributed by atoms with Gasteiger partial charge in [-0.05, 0) is 44.9 Å².